The van der Waals surface area contributed by atoms with Gasteiger partial charge in [0.2, 0.25) is 0 Å². The molecule has 0 fully saturated rings. The second kappa shape index (κ2) is 6.21. The number of phenolic OH excluding ortho intramolecular Hbond substituents is 1. The van der Waals surface area contributed by atoms with Crippen molar-refractivity contribution < 1.29 is 14.4 Å². The van der Waals surface area contributed by atoms with Crippen LogP contribution in [0.1, 0.15) is 24.9 Å². The topological polar surface area (TPSA) is 75.4 Å². The van der Waals surface area contributed by atoms with Crippen LogP contribution >= 0.6 is 0 Å². The molecule has 0 spiro atoms. The van der Waals surface area contributed by atoms with Crippen LogP contribution in [0.25, 0.3) is 0 Å². The Balaban J connectivity index is 2.28. The number of anilines is 1. The highest BCUT2D eigenvalue weighted by Gasteiger charge is 2.15. The maximum atomic E-state index is 13.8. The van der Waals surface area contributed by atoms with Crippen LogP contribution in [-0.4, -0.2) is 10.0 Å². The van der Waals surface area contributed by atoms with E-state index in [4.69, 9.17) is 0 Å². The van der Waals surface area contributed by atoms with E-state index < -0.39 is 10.7 Å². The number of nitrogens with one attached hydrogen (secondary N) is 1. The van der Waals surface area contributed by atoms with Gasteiger partial charge in [0.25, 0.3) is 5.69 Å². The molecular formula is C15H15FN2O3. The number of nitrogens with zero attached hydrogens (tertiary/aromatic N) is 1. The summed E-state index contributed by atoms with van der Waals surface area (Å²) in [4.78, 5) is 10.2. The highest BCUT2D eigenvalue weighted by molar-refractivity contribution is 5.53. The average molecular weight is 290 g/mol. The molecule has 2 aromatic carbocycles. The van der Waals surface area contributed by atoms with E-state index in [0.717, 1.165) is 17.7 Å². The minimum atomic E-state index is -0.563. The number of halogens is 1. The number of phenols is 1. The van der Waals surface area contributed by atoms with Gasteiger partial charge in [-0.15, -0.1) is 0 Å². The van der Waals surface area contributed by atoms with Crippen molar-refractivity contribution in [3.8, 4) is 5.75 Å². The summed E-state index contributed by atoms with van der Waals surface area (Å²) >= 11 is 0. The Morgan fingerprint density at radius 2 is 1.95 bits per heavy atom. The number of nitro groups is 1. The molecule has 0 amide bonds. The van der Waals surface area contributed by atoms with Crippen LogP contribution in [0.4, 0.5) is 15.8 Å². The van der Waals surface area contributed by atoms with Crippen LogP contribution in [0.5, 0.6) is 5.75 Å². The minimum absolute atomic E-state index is 0.0872. The summed E-state index contributed by atoms with van der Waals surface area (Å²) in [7, 11) is 0. The molecule has 0 saturated heterocycles. The van der Waals surface area contributed by atoms with Crippen molar-refractivity contribution in [1.82, 2.24) is 0 Å². The number of benzene rings is 2. The summed E-state index contributed by atoms with van der Waals surface area (Å²) in [5.41, 5.74) is 0.782. The van der Waals surface area contributed by atoms with Gasteiger partial charge in [0.15, 0.2) is 0 Å². The molecule has 1 unspecified atom stereocenters. The molecule has 0 aliphatic heterocycles. The molecule has 2 rings (SSSR count). The monoisotopic (exact) mass is 290 g/mol. The lowest BCUT2D eigenvalue weighted by Gasteiger charge is -2.19. The Hall–Kier alpha value is -2.63. The second-order valence-electron chi connectivity index (χ2n) is 4.62. The van der Waals surface area contributed by atoms with Gasteiger partial charge in [-0.3, -0.25) is 10.1 Å². The quantitative estimate of drug-likeness (QED) is 0.644. The van der Waals surface area contributed by atoms with Crippen LogP contribution in [-0.2, 0) is 0 Å². The lowest BCUT2D eigenvalue weighted by Crippen LogP contribution is -2.11. The van der Waals surface area contributed by atoms with E-state index in [-0.39, 0.29) is 23.2 Å². The summed E-state index contributed by atoms with van der Waals surface area (Å²) < 4.78 is 13.8. The van der Waals surface area contributed by atoms with E-state index in [1.165, 1.54) is 6.07 Å². The maximum Gasteiger partial charge on any atom is 0.271 e. The van der Waals surface area contributed by atoms with Gasteiger partial charge in [0.1, 0.15) is 11.6 Å². The number of non-ortho nitro benzene ring substituents is 1. The second-order valence-corrected chi connectivity index (χ2v) is 4.62. The van der Waals surface area contributed by atoms with Crippen LogP contribution in [0.15, 0.2) is 42.5 Å². The van der Waals surface area contributed by atoms with E-state index in [1.54, 1.807) is 24.3 Å². The van der Waals surface area contributed by atoms with E-state index in [0.29, 0.717) is 6.42 Å². The third-order valence-corrected chi connectivity index (χ3v) is 3.19. The summed E-state index contributed by atoms with van der Waals surface area (Å²) in [5, 5.41) is 23.0. The van der Waals surface area contributed by atoms with Crippen LogP contribution < -0.4 is 5.32 Å². The van der Waals surface area contributed by atoms with Crippen molar-refractivity contribution in [1.29, 1.82) is 0 Å². The number of hydrogen-bond acceptors (Lipinski definition) is 4. The van der Waals surface area contributed by atoms with E-state index in [9.17, 15) is 19.6 Å². The predicted octanol–water partition coefficient (Wildman–Crippen LogP) is 4.00. The Morgan fingerprint density at radius 3 is 2.52 bits per heavy atom. The molecule has 0 aliphatic carbocycles. The first-order chi connectivity index (χ1) is 10.0. The van der Waals surface area contributed by atoms with Crippen molar-refractivity contribution >= 4 is 11.4 Å². The number of aromatic hydroxyl groups is 1. The third-order valence-electron chi connectivity index (χ3n) is 3.19. The third kappa shape index (κ3) is 3.47. The van der Waals surface area contributed by atoms with Crippen molar-refractivity contribution in [2.45, 2.75) is 19.4 Å². The summed E-state index contributed by atoms with van der Waals surface area (Å²) in [6.07, 6.45) is 0.660. The minimum Gasteiger partial charge on any atom is -0.508 e. The number of rotatable bonds is 5. The van der Waals surface area contributed by atoms with Crippen molar-refractivity contribution in [3.05, 3.63) is 64.0 Å². The molecule has 2 N–H and O–H groups in total. The Kier molecular flexibility index (Phi) is 4.37. The lowest BCUT2D eigenvalue weighted by atomic mass is 10.0. The van der Waals surface area contributed by atoms with Crippen molar-refractivity contribution in [2.75, 3.05) is 5.32 Å². The van der Waals surface area contributed by atoms with E-state index in [1.807, 2.05) is 6.92 Å². The van der Waals surface area contributed by atoms with Gasteiger partial charge in [0.05, 0.1) is 16.7 Å². The molecule has 21 heavy (non-hydrogen) atoms. The fourth-order valence-electron chi connectivity index (χ4n) is 2.05. The first-order valence-electron chi connectivity index (χ1n) is 6.50. The highest BCUT2D eigenvalue weighted by atomic mass is 19.1. The van der Waals surface area contributed by atoms with Crippen molar-refractivity contribution in [3.63, 3.8) is 0 Å². The van der Waals surface area contributed by atoms with Gasteiger partial charge in [-0.2, -0.15) is 0 Å². The molecular weight excluding hydrogens is 275 g/mol. The average Bonchev–Trinajstić information content (AvgIpc) is 2.47. The van der Waals surface area contributed by atoms with Crippen LogP contribution in [0, 0.1) is 15.9 Å². The van der Waals surface area contributed by atoms with Gasteiger partial charge < -0.3 is 10.4 Å². The molecule has 0 aliphatic rings. The zero-order chi connectivity index (χ0) is 15.4. The number of hydrogen-bond donors (Lipinski definition) is 2. The smallest absolute Gasteiger partial charge is 0.271 e. The number of nitro benzene ring substituents is 1. The molecule has 5 nitrogen and oxygen atoms in total. The SMILES string of the molecule is CCC(Nc1cc([N+](=O)[O-])ccc1F)c1ccc(O)cc1. The Bertz CT molecular complexity index is 644. The summed E-state index contributed by atoms with van der Waals surface area (Å²) in [6.45, 7) is 1.92. The first kappa shape index (κ1) is 14.8. The molecule has 110 valence electrons. The fraction of sp³-hybridized carbons (Fsp3) is 0.200. The largest absolute Gasteiger partial charge is 0.508 e. The maximum absolute atomic E-state index is 13.8. The molecule has 2 aromatic rings. The lowest BCUT2D eigenvalue weighted by molar-refractivity contribution is -0.384. The zero-order valence-corrected chi connectivity index (χ0v) is 11.4. The van der Waals surface area contributed by atoms with Crippen LogP contribution in [0.3, 0.4) is 0 Å². The Labute approximate surface area is 121 Å². The standard InChI is InChI=1S/C15H15FN2O3/c1-2-14(10-3-6-12(19)7-4-10)17-15-9-11(18(20)21)5-8-13(15)16/h3-9,14,17,19H,2H2,1H3. The van der Waals surface area contributed by atoms with E-state index >= 15 is 0 Å². The van der Waals surface area contributed by atoms with Gasteiger partial charge in [-0.25, -0.2) is 4.39 Å². The Morgan fingerprint density at radius 1 is 1.29 bits per heavy atom. The van der Waals surface area contributed by atoms with Gasteiger partial charge in [-0.05, 0) is 30.2 Å². The van der Waals surface area contributed by atoms with Gasteiger partial charge in [-0.1, -0.05) is 19.1 Å². The molecule has 1 atom stereocenters. The predicted molar refractivity (Wildman–Crippen MR) is 77.8 cm³/mol. The summed E-state index contributed by atoms with van der Waals surface area (Å²) in [6, 6.07) is 9.72. The molecule has 0 radical (unpaired) electrons. The normalized spacial score (nSPS) is 11.9. The molecule has 6 heteroatoms. The zero-order valence-electron chi connectivity index (χ0n) is 11.4. The fourth-order valence-corrected chi connectivity index (χ4v) is 2.05. The van der Waals surface area contributed by atoms with Gasteiger partial charge in [0, 0.05) is 12.1 Å². The molecule has 0 saturated carbocycles. The van der Waals surface area contributed by atoms with Crippen LogP contribution in [0.2, 0.25) is 0 Å². The summed E-state index contributed by atoms with van der Waals surface area (Å²) in [5.74, 6) is -0.395. The van der Waals surface area contributed by atoms with Crippen molar-refractivity contribution in [2.24, 2.45) is 0 Å². The molecule has 0 bridgehead atoms. The van der Waals surface area contributed by atoms with Gasteiger partial charge >= 0.3 is 0 Å². The molecule has 0 heterocycles. The molecule has 0 aromatic heterocycles. The first-order valence-corrected chi connectivity index (χ1v) is 6.50. The van der Waals surface area contributed by atoms with E-state index in [2.05, 4.69) is 5.32 Å². The highest BCUT2D eigenvalue weighted by Crippen LogP contribution is 2.28.